The van der Waals surface area contributed by atoms with Gasteiger partial charge in [0.15, 0.2) is 0 Å². The van der Waals surface area contributed by atoms with Crippen LogP contribution in [-0.4, -0.2) is 6.54 Å². The molecule has 1 aliphatic rings. The van der Waals surface area contributed by atoms with Crippen molar-refractivity contribution in [3.05, 3.63) is 59.0 Å². The first kappa shape index (κ1) is 13.4. The first-order chi connectivity index (χ1) is 9.74. The number of aryl methyl sites for hydroxylation is 1. The predicted octanol–water partition coefficient (Wildman–Crippen LogP) is 4.04. The van der Waals surface area contributed by atoms with Crippen LogP contribution in [-0.2, 0) is 13.0 Å². The van der Waals surface area contributed by atoms with Crippen LogP contribution in [0.5, 0.6) is 0 Å². The maximum atomic E-state index is 5.89. The standard InChI is InChI=1S/C18H23NO/c1-13-5-3-4-6-15(13)9-10-19-12-16-7-8-18(20-16)17-11-14(17)2/h3-8,14,17,19H,9-12H2,1-2H3. The Morgan fingerprint density at radius 3 is 2.75 bits per heavy atom. The summed E-state index contributed by atoms with van der Waals surface area (Å²) in [6, 6.07) is 12.8. The van der Waals surface area contributed by atoms with E-state index in [4.69, 9.17) is 4.42 Å². The zero-order valence-electron chi connectivity index (χ0n) is 12.4. The summed E-state index contributed by atoms with van der Waals surface area (Å²) in [4.78, 5) is 0. The molecule has 1 aromatic carbocycles. The minimum atomic E-state index is 0.677. The third-order valence-corrected chi connectivity index (χ3v) is 4.29. The maximum Gasteiger partial charge on any atom is 0.117 e. The Balaban J connectivity index is 1.44. The molecule has 20 heavy (non-hydrogen) atoms. The van der Waals surface area contributed by atoms with Gasteiger partial charge in [-0.25, -0.2) is 0 Å². The highest BCUT2D eigenvalue weighted by Crippen LogP contribution is 2.47. The van der Waals surface area contributed by atoms with Crippen LogP contribution < -0.4 is 5.32 Å². The van der Waals surface area contributed by atoms with Crippen LogP contribution in [0, 0.1) is 12.8 Å². The van der Waals surface area contributed by atoms with Crippen molar-refractivity contribution in [3.63, 3.8) is 0 Å². The fraction of sp³-hybridized carbons (Fsp3) is 0.444. The zero-order chi connectivity index (χ0) is 13.9. The lowest BCUT2D eigenvalue weighted by Crippen LogP contribution is -2.16. The lowest BCUT2D eigenvalue weighted by molar-refractivity contribution is 0.445. The van der Waals surface area contributed by atoms with E-state index < -0.39 is 0 Å². The first-order valence-electron chi connectivity index (χ1n) is 7.58. The molecule has 2 atom stereocenters. The fourth-order valence-corrected chi connectivity index (χ4v) is 2.73. The molecule has 1 aliphatic carbocycles. The highest BCUT2D eigenvalue weighted by molar-refractivity contribution is 5.25. The summed E-state index contributed by atoms with van der Waals surface area (Å²) >= 11 is 0. The van der Waals surface area contributed by atoms with Crippen LogP contribution in [0.3, 0.4) is 0 Å². The Labute approximate surface area is 121 Å². The van der Waals surface area contributed by atoms with E-state index in [2.05, 4.69) is 55.6 Å². The van der Waals surface area contributed by atoms with E-state index in [1.807, 2.05) is 0 Å². The third kappa shape index (κ3) is 3.13. The van der Waals surface area contributed by atoms with Gasteiger partial charge in [-0.1, -0.05) is 31.2 Å². The molecule has 1 fully saturated rings. The zero-order valence-corrected chi connectivity index (χ0v) is 12.4. The molecule has 1 aromatic heterocycles. The van der Waals surface area contributed by atoms with E-state index in [1.54, 1.807) is 0 Å². The average molecular weight is 269 g/mol. The smallest absolute Gasteiger partial charge is 0.117 e. The van der Waals surface area contributed by atoms with Gasteiger partial charge in [-0.3, -0.25) is 0 Å². The Hall–Kier alpha value is -1.54. The van der Waals surface area contributed by atoms with Crippen molar-refractivity contribution in [1.29, 1.82) is 0 Å². The Kier molecular flexibility index (Phi) is 3.93. The van der Waals surface area contributed by atoms with Crippen molar-refractivity contribution in [2.75, 3.05) is 6.54 Å². The van der Waals surface area contributed by atoms with E-state index in [9.17, 15) is 0 Å². The quantitative estimate of drug-likeness (QED) is 0.801. The SMILES string of the molecule is Cc1ccccc1CCNCc1ccc(C2CC2C)o1. The van der Waals surface area contributed by atoms with E-state index in [0.717, 1.165) is 31.2 Å². The van der Waals surface area contributed by atoms with Gasteiger partial charge in [0, 0.05) is 5.92 Å². The van der Waals surface area contributed by atoms with Crippen molar-refractivity contribution in [2.45, 2.75) is 39.2 Å². The van der Waals surface area contributed by atoms with Crippen molar-refractivity contribution in [2.24, 2.45) is 5.92 Å². The van der Waals surface area contributed by atoms with Gasteiger partial charge in [-0.2, -0.15) is 0 Å². The third-order valence-electron chi connectivity index (χ3n) is 4.29. The molecule has 0 aliphatic heterocycles. The molecule has 1 heterocycles. The second kappa shape index (κ2) is 5.84. The molecule has 2 heteroatoms. The van der Waals surface area contributed by atoms with E-state index in [1.165, 1.54) is 23.3 Å². The number of benzene rings is 1. The van der Waals surface area contributed by atoms with Gasteiger partial charge in [0.1, 0.15) is 11.5 Å². The molecular weight excluding hydrogens is 246 g/mol. The topological polar surface area (TPSA) is 25.2 Å². The highest BCUT2D eigenvalue weighted by atomic mass is 16.3. The van der Waals surface area contributed by atoms with Gasteiger partial charge in [0.25, 0.3) is 0 Å². The fourth-order valence-electron chi connectivity index (χ4n) is 2.73. The Morgan fingerprint density at radius 2 is 2.00 bits per heavy atom. The molecule has 106 valence electrons. The summed E-state index contributed by atoms with van der Waals surface area (Å²) in [7, 11) is 0. The van der Waals surface area contributed by atoms with Gasteiger partial charge in [0.2, 0.25) is 0 Å². The van der Waals surface area contributed by atoms with Crippen molar-refractivity contribution in [1.82, 2.24) is 5.32 Å². The maximum absolute atomic E-state index is 5.89. The molecule has 2 nitrogen and oxygen atoms in total. The monoisotopic (exact) mass is 269 g/mol. The molecular formula is C18H23NO. The minimum Gasteiger partial charge on any atom is -0.464 e. The van der Waals surface area contributed by atoms with E-state index in [0.29, 0.717) is 5.92 Å². The van der Waals surface area contributed by atoms with E-state index in [-0.39, 0.29) is 0 Å². The number of furan rings is 1. The van der Waals surface area contributed by atoms with Gasteiger partial charge < -0.3 is 9.73 Å². The Morgan fingerprint density at radius 1 is 1.20 bits per heavy atom. The summed E-state index contributed by atoms with van der Waals surface area (Å²) in [5, 5.41) is 3.47. The van der Waals surface area contributed by atoms with Crippen LogP contribution >= 0.6 is 0 Å². The summed E-state index contributed by atoms with van der Waals surface area (Å²) < 4.78 is 5.89. The second-order valence-corrected chi connectivity index (χ2v) is 5.98. The average Bonchev–Trinajstić information content (AvgIpc) is 3.00. The molecule has 1 saturated carbocycles. The van der Waals surface area contributed by atoms with Crippen molar-refractivity contribution >= 4 is 0 Å². The first-order valence-corrected chi connectivity index (χ1v) is 7.58. The van der Waals surface area contributed by atoms with Gasteiger partial charge in [-0.05, 0) is 55.5 Å². The number of nitrogens with one attached hydrogen (secondary N) is 1. The molecule has 0 spiro atoms. The lowest BCUT2D eigenvalue weighted by Gasteiger charge is -2.06. The number of hydrogen-bond acceptors (Lipinski definition) is 2. The minimum absolute atomic E-state index is 0.677. The summed E-state index contributed by atoms with van der Waals surface area (Å²) in [5.74, 6) is 3.72. The van der Waals surface area contributed by atoms with Crippen LogP contribution in [0.25, 0.3) is 0 Å². The second-order valence-electron chi connectivity index (χ2n) is 5.98. The van der Waals surface area contributed by atoms with Crippen LogP contribution in [0.4, 0.5) is 0 Å². The number of hydrogen-bond donors (Lipinski definition) is 1. The molecule has 1 N–H and O–H groups in total. The largest absolute Gasteiger partial charge is 0.464 e. The molecule has 2 unspecified atom stereocenters. The molecule has 3 rings (SSSR count). The highest BCUT2D eigenvalue weighted by Gasteiger charge is 2.36. The molecule has 0 radical (unpaired) electrons. The van der Waals surface area contributed by atoms with Crippen LogP contribution in [0.1, 0.15) is 41.9 Å². The van der Waals surface area contributed by atoms with Crippen molar-refractivity contribution in [3.8, 4) is 0 Å². The van der Waals surface area contributed by atoms with Gasteiger partial charge >= 0.3 is 0 Å². The molecule has 0 amide bonds. The summed E-state index contributed by atoms with van der Waals surface area (Å²) in [5.41, 5.74) is 2.80. The van der Waals surface area contributed by atoms with Crippen molar-refractivity contribution < 1.29 is 4.42 Å². The van der Waals surface area contributed by atoms with Crippen LogP contribution in [0.15, 0.2) is 40.8 Å². The summed E-state index contributed by atoms with van der Waals surface area (Å²) in [6.07, 6.45) is 2.35. The van der Waals surface area contributed by atoms with E-state index >= 15 is 0 Å². The van der Waals surface area contributed by atoms with Gasteiger partial charge in [0.05, 0.1) is 6.54 Å². The normalized spacial score (nSPS) is 21.1. The Bertz CT molecular complexity index is 572. The van der Waals surface area contributed by atoms with Gasteiger partial charge in [-0.15, -0.1) is 0 Å². The molecule has 0 bridgehead atoms. The molecule has 0 saturated heterocycles. The molecule has 2 aromatic rings. The summed E-state index contributed by atoms with van der Waals surface area (Å²) in [6.45, 7) is 6.27. The number of rotatable bonds is 6. The lowest BCUT2D eigenvalue weighted by atomic mass is 10.1. The predicted molar refractivity (Wildman–Crippen MR) is 81.8 cm³/mol. The van der Waals surface area contributed by atoms with Crippen LogP contribution in [0.2, 0.25) is 0 Å².